The van der Waals surface area contributed by atoms with Gasteiger partial charge in [-0.1, -0.05) is 24.4 Å². The lowest BCUT2D eigenvalue weighted by Crippen LogP contribution is -2.44. The number of amides is 1. The molecule has 2 fully saturated rings. The van der Waals surface area contributed by atoms with Crippen molar-refractivity contribution in [3.8, 4) is 0 Å². The molecule has 0 spiro atoms. The Morgan fingerprint density at radius 1 is 1.46 bits per heavy atom. The number of rotatable bonds is 4. The van der Waals surface area contributed by atoms with Crippen LogP contribution in [0, 0.1) is 11.3 Å². The minimum absolute atomic E-state index is 0.122. The lowest BCUT2D eigenvalue weighted by molar-refractivity contribution is -0.128. The maximum Gasteiger partial charge on any atom is 0.232 e. The lowest BCUT2D eigenvalue weighted by Gasteiger charge is -2.37. The molecule has 1 aromatic heterocycles. The second-order valence-electron chi connectivity index (χ2n) is 7.16. The number of nitrogens with zero attached hydrogens (tertiary/aromatic N) is 3. The van der Waals surface area contributed by atoms with Gasteiger partial charge in [-0.2, -0.15) is 0 Å². The molecular weight excluding hydrogens is 370 g/mol. The monoisotopic (exact) mass is 391 g/mol. The Morgan fingerprint density at radius 2 is 2.35 bits per heavy atom. The van der Waals surface area contributed by atoms with E-state index in [0.29, 0.717) is 10.9 Å². The van der Waals surface area contributed by atoms with Crippen LogP contribution in [-0.4, -0.2) is 33.8 Å². The SMILES string of the molecule is Cn1cnnc1Sc1ccc(NC(=O)[C@@]23CCCC[C@H]2CNC3)cc1Cl. The van der Waals surface area contributed by atoms with E-state index in [1.165, 1.54) is 18.2 Å². The van der Waals surface area contributed by atoms with Gasteiger partial charge in [-0.25, -0.2) is 0 Å². The summed E-state index contributed by atoms with van der Waals surface area (Å²) in [7, 11) is 1.89. The number of carbonyl (C=O) groups is 1. The van der Waals surface area contributed by atoms with E-state index in [9.17, 15) is 4.79 Å². The molecule has 1 saturated heterocycles. The van der Waals surface area contributed by atoms with E-state index in [2.05, 4.69) is 20.8 Å². The summed E-state index contributed by atoms with van der Waals surface area (Å²) in [5.74, 6) is 0.564. The molecule has 1 aliphatic heterocycles. The van der Waals surface area contributed by atoms with Crippen molar-refractivity contribution in [3.05, 3.63) is 29.5 Å². The molecule has 0 bridgehead atoms. The van der Waals surface area contributed by atoms with Crippen molar-refractivity contribution in [1.29, 1.82) is 0 Å². The summed E-state index contributed by atoms with van der Waals surface area (Å²) in [5, 5.41) is 15.8. The van der Waals surface area contributed by atoms with Crippen molar-refractivity contribution in [3.63, 3.8) is 0 Å². The Labute approximate surface area is 162 Å². The van der Waals surface area contributed by atoms with Crippen LogP contribution in [-0.2, 0) is 11.8 Å². The van der Waals surface area contributed by atoms with Gasteiger partial charge >= 0.3 is 0 Å². The molecular formula is C18H22ClN5OS. The van der Waals surface area contributed by atoms with Crippen molar-refractivity contribution < 1.29 is 4.79 Å². The third kappa shape index (κ3) is 3.23. The van der Waals surface area contributed by atoms with Crippen molar-refractivity contribution in [1.82, 2.24) is 20.1 Å². The number of nitrogens with one attached hydrogen (secondary N) is 2. The van der Waals surface area contributed by atoms with E-state index in [0.717, 1.165) is 48.1 Å². The standard InChI is InChI=1S/C18H22ClN5OS/c1-24-11-21-23-17(24)26-15-6-5-13(8-14(15)19)22-16(25)18-7-3-2-4-12(18)9-20-10-18/h5-6,8,11-12,20H,2-4,7,9-10H2,1H3,(H,22,25)/t12-,18+/m0/s1. The Bertz CT molecular complexity index is 826. The Morgan fingerprint density at radius 3 is 3.12 bits per heavy atom. The number of benzene rings is 1. The first kappa shape index (κ1) is 17.8. The van der Waals surface area contributed by atoms with Gasteiger partial charge in [0.1, 0.15) is 6.33 Å². The van der Waals surface area contributed by atoms with Crippen molar-refractivity contribution >= 4 is 35.0 Å². The summed E-state index contributed by atoms with van der Waals surface area (Å²) in [6.45, 7) is 1.72. The number of hydrogen-bond donors (Lipinski definition) is 2. The van der Waals surface area contributed by atoms with Gasteiger partial charge in [0.25, 0.3) is 0 Å². The molecule has 6 nitrogen and oxygen atoms in total. The van der Waals surface area contributed by atoms with Gasteiger partial charge in [0.15, 0.2) is 5.16 Å². The Hall–Kier alpha value is -1.57. The Kier molecular flexibility index (Phi) is 4.94. The van der Waals surface area contributed by atoms with E-state index < -0.39 is 0 Å². The number of fused-ring (bicyclic) bond motifs is 1. The number of aromatic nitrogens is 3. The number of halogens is 1. The molecule has 138 valence electrons. The highest BCUT2D eigenvalue weighted by molar-refractivity contribution is 7.99. The smallest absolute Gasteiger partial charge is 0.232 e. The van der Waals surface area contributed by atoms with Crippen LogP contribution in [0.3, 0.4) is 0 Å². The fourth-order valence-corrected chi connectivity index (χ4v) is 5.14. The average Bonchev–Trinajstić information content (AvgIpc) is 3.24. The van der Waals surface area contributed by atoms with Crippen LogP contribution < -0.4 is 10.6 Å². The molecule has 0 unspecified atom stereocenters. The van der Waals surface area contributed by atoms with Crippen LogP contribution >= 0.6 is 23.4 Å². The Balaban J connectivity index is 1.49. The molecule has 26 heavy (non-hydrogen) atoms. The second-order valence-corrected chi connectivity index (χ2v) is 8.57. The van der Waals surface area contributed by atoms with Crippen molar-refractivity contribution in [2.75, 3.05) is 18.4 Å². The topological polar surface area (TPSA) is 71.8 Å². The molecule has 2 N–H and O–H groups in total. The summed E-state index contributed by atoms with van der Waals surface area (Å²) in [4.78, 5) is 13.9. The molecule has 2 heterocycles. The molecule has 4 rings (SSSR count). The minimum Gasteiger partial charge on any atom is -0.326 e. The summed E-state index contributed by atoms with van der Waals surface area (Å²) in [6.07, 6.45) is 6.10. The summed E-state index contributed by atoms with van der Waals surface area (Å²) >= 11 is 7.89. The van der Waals surface area contributed by atoms with Gasteiger partial charge in [0, 0.05) is 24.2 Å². The maximum absolute atomic E-state index is 13.0. The second kappa shape index (κ2) is 7.21. The zero-order valence-electron chi connectivity index (χ0n) is 14.7. The van der Waals surface area contributed by atoms with E-state index in [-0.39, 0.29) is 11.3 Å². The molecule has 1 amide bonds. The average molecular weight is 392 g/mol. The molecule has 8 heteroatoms. The van der Waals surface area contributed by atoms with Gasteiger partial charge in [-0.3, -0.25) is 4.79 Å². The maximum atomic E-state index is 13.0. The first-order chi connectivity index (χ1) is 12.6. The van der Waals surface area contributed by atoms with Gasteiger partial charge in [-0.05, 0) is 55.3 Å². The highest BCUT2D eigenvalue weighted by Gasteiger charge is 2.49. The first-order valence-electron chi connectivity index (χ1n) is 8.92. The van der Waals surface area contributed by atoms with Crippen LogP contribution in [0.1, 0.15) is 25.7 Å². The predicted molar refractivity (Wildman–Crippen MR) is 102 cm³/mol. The molecule has 1 aliphatic carbocycles. The molecule has 0 radical (unpaired) electrons. The van der Waals surface area contributed by atoms with Crippen LogP contribution in [0.5, 0.6) is 0 Å². The highest BCUT2D eigenvalue weighted by Crippen LogP contribution is 2.44. The van der Waals surface area contributed by atoms with Gasteiger partial charge < -0.3 is 15.2 Å². The minimum atomic E-state index is -0.267. The normalized spacial score (nSPS) is 25.1. The largest absolute Gasteiger partial charge is 0.326 e. The van der Waals surface area contributed by atoms with Gasteiger partial charge in [0.2, 0.25) is 5.91 Å². The molecule has 2 aliphatic rings. The zero-order valence-corrected chi connectivity index (χ0v) is 16.2. The number of aryl methyl sites for hydroxylation is 1. The first-order valence-corrected chi connectivity index (χ1v) is 10.1. The fourth-order valence-electron chi connectivity index (χ4n) is 4.07. The molecule has 1 aromatic carbocycles. The van der Waals surface area contributed by atoms with Crippen molar-refractivity contribution in [2.45, 2.75) is 35.7 Å². The number of carbonyl (C=O) groups excluding carboxylic acids is 1. The number of hydrogen-bond acceptors (Lipinski definition) is 5. The molecule has 2 aromatic rings. The van der Waals surface area contributed by atoms with Gasteiger partial charge in [-0.15, -0.1) is 10.2 Å². The van der Waals surface area contributed by atoms with E-state index in [4.69, 9.17) is 11.6 Å². The van der Waals surface area contributed by atoms with Crippen LogP contribution in [0.2, 0.25) is 5.02 Å². The number of anilines is 1. The van der Waals surface area contributed by atoms with Crippen molar-refractivity contribution in [2.24, 2.45) is 18.4 Å². The van der Waals surface area contributed by atoms with Crippen LogP contribution in [0.4, 0.5) is 5.69 Å². The van der Waals surface area contributed by atoms with Crippen LogP contribution in [0.25, 0.3) is 0 Å². The van der Waals surface area contributed by atoms with E-state index in [1.807, 2.05) is 29.8 Å². The zero-order chi connectivity index (χ0) is 18.1. The molecule has 1 saturated carbocycles. The summed E-state index contributed by atoms with van der Waals surface area (Å²) in [6, 6.07) is 5.63. The fraction of sp³-hybridized carbons (Fsp3) is 0.500. The highest BCUT2D eigenvalue weighted by atomic mass is 35.5. The van der Waals surface area contributed by atoms with E-state index >= 15 is 0 Å². The quantitative estimate of drug-likeness (QED) is 0.836. The van der Waals surface area contributed by atoms with Gasteiger partial charge in [0.05, 0.1) is 10.4 Å². The van der Waals surface area contributed by atoms with Crippen LogP contribution in [0.15, 0.2) is 34.6 Å². The third-order valence-corrected chi connectivity index (χ3v) is 7.10. The predicted octanol–water partition coefficient (Wildman–Crippen LogP) is 3.34. The lowest BCUT2D eigenvalue weighted by atomic mass is 9.67. The van der Waals surface area contributed by atoms with E-state index in [1.54, 1.807) is 6.33 Å². The summed E-state index contributed by atoms with van der Waals surface area (Å²) in [5.41, 5.74) is 0.476. The third-order valence-electron chi connectivity index (χ3n) is 5.55. The summed E-state index contributed by atoms with van der Waals surface area (Å²) < 4.78 is 1.84. The molecule has 2 atom stereocenters.